The number of nitrogens with zero attached hydrogens (tertiary/aromatic N) is 2. The Balaban J connectivity index is 2.04. The maximum absolute atomic E-state index is 13.2. The lowest BCUT2D eigenvalue weighted by molar-refractivity contribution is 0.196. The predicted octanol–water partition coefficient (Wildman–Crippen LogP) is 2.31. The summed E-state index contributed by atoms with van der Waals surface area (Å²) in [5, 5.41) is 0. The van der Waals surface area contributed by atoms with E-state index in [4.69, 9.17) is 0 Å². The average molecular weight is 206 g/mol. The minimum atomic E-state index is -0.208. The number of fused-ring (bicyclic) bond motifs is 1. The van der Waals surface area contributed by atoms with E-state index < -0.39 is 0 Å². The fraction of sp³-hybridized carbons (Fsp3) is 0.583. The summed E-state index contributed by atoms with van der Waals surface area (Å²) in [7, 11) is 0. The van der Waals surface area contributed by atoms with Crippen LogP contribution in [0.4, 0.5) is 4.39 Å². The molecule has 0 atom stereocenters. The van der Waals surface area contributed by atoms with Crippen LogP contribution in [0.15, 0.2) is 18.5 Å². The molecule has 0 saturated carbocycles. The number of rotatable bonds is 1. The van der Waals surface area contributed by atoms with Gasteiger partial charge in [0.15, 0.2) is 0 Å². The molecule has 80 valence electrons. The lowest BCUT2D eigenvalue weighted by atomic mass is 9.87. The SMILES string of the molecule is Fc1cncc(C23CCCN2CCC3)c1. The normalized spacial score (nSPS) is 24.3. The molecule has 0 aromatic carbocycles. The maximum atomic E-state index is 13.2. The van der Waals surface area contributed by atoms with Crippen molar-refractivity contribution in [2.75, 3.05) is 13.1 Å². The molecule has 2 nitrogen and oxygen atoms in total. The summed E-state index contributed by atoms with van der Waals surface area (Å²) in [5.74, 6) is -0.208. The highest BCUT2D eigenvalue weighted by Gasteiger charge is 2.45. The Morgan fingerprint density at radius 2 is 1.93 bits per heavy atom. The maximum Gasteiger partial charge on any atom is 0.141 e. The van der Waals surface area contributed by atoms with E-state index in [1.54, 1.807) is 6.07 Å². The molecule has 0 aliphatic carbocycles. The quantitative estimate of drug-likeness (QED) is 0.701. The van der Waals surface area contributed by atoms with Crippen LogP contribution in [0, 0.1) is 5.82 Å². The Kier molecular flexibility index (Phi) is 2.02. The summed E-state index contributed by atoms with van der Waals surface area (Å²) in [6.45, 7) is 2.33. The summed E-state index contributed by atoms with van der Waals surface area (Å²) in [4.78, 5) is 6.49. The average Bonchev–Trinajstić information content (AvgIpc) is 2.75. The van der Waals surface area contributed by atoms with Crippen LogP contribution in [0.25, 0.3) is 0 Å². The van der Waals surface area contributed by atoms with Gasteiger partial charge < -0.3 is 0 Å². The van der Waals surface area contributed by atoms with Crippen molar-refractivity contribution < 1.29 is 4.39 Å². The third-order valence-corrected chi connectivity index (χ3v) is 3.88. The lowest BCUT2D eigenvalue weighted by Gasteiger charge is -2.32. The van der Waals surface area contributed by atoms with E-state index >= 15 is 0 Å². The summed E-state index contributed by atoms with van der Waals surface area (Å²) in [6.07, 6.45) is 7.92. The van der Waals surface area contributed by atoms with Crippen molar-refractivity contribution in [1.29, 1.82) is 0 Å². The molecule has 0 spiro atoms. The standard InChI is InChI=1S/C12H15FN2/c13-11-7-10(8-14-9-11)12-3-1-5-15(12)6-2-4-12/h7-9H,1-6H2. The van der Waals surface area contributed by atoms with Gasteiger partial charge in [0.1, 0.15) is 5.82 Å². The second-order valence-electron chi connectivity index (χ2n) is 4.62. The van der Waals surface area contributed by atoms with E-state index in [9.17, 15) is 4.39 Å². The van der Waals surface area contributed by atoms with Gasteiger partial charge in [-0.1, -0.05) is 0 Å². The van der Waals surface area contributed by atoms with Crippen molar-refractivity contribution in [3.8, 4) is 0 Å². The van der Waals surface area contributed by atoms with Crippen molar-refractivity contribution in [2.24, 2.45) is 0 Å². The van der Waals surface area contributed by atoms with Crippen molar-refractivity contribution in [1.82, 2.24) is 9.88 Å². The van der Waals surface area contributed by atoms with Gasteiger partial charge in [-0.05, 0) is 50.4 Å². The number of hydrogen-bond acceptors (Lipinski definition) is 2. The molecule has 2 aliphatic rings. The molecular formula is C12H15FN2. The zero-order valence-corrected chi connectivity index (χ0v) is 8.75. The van der Waals surface area contributed by atoms with Crippen molar-refractivity contribution in [3.05, 3.63) is 29.8 Å². The van der Waals surface area contributed by atoms with Crippen LogP contribution in [0.5, 0.6) is 0 Å². The molecule has 0 amide bonds. The molecule has 15 heavy (non-hydrogen) atoms. The van der Waals surface area contributed by atoms with Gasteiger partial charge in [-0.25, -0.2) is 4.39 Å². The molecule has 3 rings (SSSR count). The minimum absolute atomic E-state index is 0.120. The lowest BCUT2D eigenvalue weighted by Crippen LogP contribution is -2.35. The summed E-state index contributed by atoms with van der Waals surface area (Å²) >= 11 is 0. The smallest absolute Gasteiger partial charge is 0.141 e. The Hall–Kier alpha value is -0.960. The third-order valence-electron chi connectivity index (χ3n) is 3.88. The second-order valence-corrected chi connectivity index (χ2v) is 4.62. The molecule has 2 fully saturated rings. The summed E-state index contributed by atoms with van der Waals surface area (Å²) in [5.41, 5.74) is 1.20. The van der Waals surface area contributed by atoms with Crippen LogP contribution in [0.1, 0.15) is 31.2 Å². The van der Waals surface area contributed by atoms with E-state index in [1.165, 1.54) is 19.0 Å². The van der Waals surface area contributed by atoms with E-state index in [2.05, 4.69) is 9.88 Å². The molecule has 2 aliphatic heterocycles. The van der Waals surface area contributed by atoms with Gasteiger partial charge >= 0.3 is 0 Å². The van der Waals surface area contributed by atoms with Gasteiger partial charge in [-0.2, -0.15) is 0 Å². The fourth-order valence-electron chi connectivity index (χ4n) is 3.24. The van der Waals surface area contributed by atoms with Crippen molar-refractivity contribution >= 4 is 0 Å². The van der Waals surface area contributed by atoms with Crippen LogP contribution in [0.3, 0.4) is 0 Å². The van der Waals surface area contributed by atoms with Gasteiger partial charge in [0.05, 0.1) is 6.20 Å². The summed E-state index contributed by atoms with van der Waals surface area (Å²) < 4.78 is 13.2. The Morgan fingerprint density at radius 1 is 1.20 bits per heavy atom. The molecule has 0 radical (unpaired) electrons. The topological polar surface area (TPSA) is 16.1 Å². The van der Waals surface area contributed by atoms with Crippen LogP contribution in [-0.4, -0.2) is 23.0 Å². The van der Waals surface area contributed by atoms with Gasteiger partial charge in [0, 0.05) is 11.7 Å². The highest BCUT2D eigenvalue weighted by molar-refractivity contribution is 5.25. The van der Waals surface area contributed by atoms with E-state index in [-0.39, 0.29) is 11.4 Å². The number of hydrogen-bond donors (Lipinski definition) is 0. The molecule has 0 N–H and O–H groups in total. The van der Waals surface area contributed by atoms with Crippen molar-refractivity contribution in [3.63, 3.8) is 0 Å². The Morgan fingerprint density at radius 3 is 2.60 bits per heavy atom. The molecular weight excluding hydrogens is 191 g/mol. The third kappa shape index (κ3) is 1.29. The van der Waals surface area contributed by atoms with Crippen LogP contribution in [-0.2, 0) is 5.54 Å². The van der Waals surface area contributed by atoms with E-state index in [1.807, 2.05) is 6.20 Å². The van der Waals surface area contributed by atoms with E-state index in [0.29, 0.717) is 0 Å². The van der Waals surface area contributed by atoms with Gasteiger partial charge in [-0.3, -0.25) is 9.88 Å². The number of halogens is 1. The predicted molar refractivity (Wildman–Crippen MR) is 55.9 cm³/mol. The number of aromatic nitrogens is 1. The molecule has 0 unspecified atom stereocenters. The first-order valence-electron chi connectivity index (χ1n) is 5.67. The fourth-order valence-corrected chi connectivity index (χ4v) is 3.24. The van der Waals surface area contributed by atoms with Gasteiger partial charge in [0.25, 0.3) is 0 Å². The summed E-state index contributed by atoms with van der Waals surface area (Å²) in [6, 6.07) is 1.66. The van der Waals surface area contributed by atoms with Crippen molar-refractivity contribution in [2.45, 2.75) is 31.2 Å². The Labute approximate surface area is 89.1 Å². The largest absolute Gasteiger partial charge is 0.294 e. The first-order valence-corrected chi connectivity index (χ1v) is 5.67. The van der Waals surface area contributed by atoms with E-state index in [0.717, 1.165) is 31.5 Å². The molecule has 3 heterocycles. The molecule has 0 bridgehead atoms. The van der Waals surface area contributed by atoms with Gasteiger partial charge in [-0.15, -0.1) is 0 Å². The zero-order chi connectivity index (χ0) is 10.3. The first kappa shape index (κ1) is 9.28. The monoisotopic (exact) mass is 206 g/mol. The molecule has 2 saturated heterocycles. The number of pyridine rings is 1. The van der Waals surface area contributed by atoms with Crippen LogP contribution in [0.2, 0.25) is 0 Å². The second kappa shape index (κ2) is 3.27. The van der Waals surface area contributed by atoms with Crippen LogP contribution >= 0.6 is 0 Å². The first-order chi connectivity index (χ1) is 7.31. The molecule has 1 aromatic heterocycles. The van der Waals surface area contributed by atoms with Gasteiger partial charge in [0.2, 0.25) is 0 Å². The zero-order valence-electron chi connectivity index (χ0n) is 8.75. The van der Waals surface area contributed by atoms with Crippen LogP contribution < -0.4 is 0 Å². The molecule has 3 heteroatoms. The molecule has 1 aromatic rings. The highest BCUT2D eigenvalue weighted by Crippen LogP contribution is 2.46. The minimum Gasteiger partial charge on any atom is -0.294 e. The highest BCUT2D eigenvalue weighted by atomic mass is 19.1. The Bertz CT molecular complexity index is 368.